The molecule has 4 nitrogen and oxygen atoms in total. The van der Waals surface area contributed by atoms with Gasteiger partial charge in [-0.25, -0.2) is 19.3 Å². The summed E-state index contributed by atoms with van der Waals surface area (Å²) < 4.78 is 13.4. The zero-order valence-corrected chi connectivity index (χ0v) is 12.5. The molecule has 1 fully saturated rings. The predicted octanol–water partition coefficient (Wildman–Crippen LogP) is 3.98. The van der Waals surface area contributed by atoms with Crippen LogP contribution in [0.1, 0.15) is 12.8 Å². The van der Waals surface area contributed by atoms with E-state index in [0.29, 0.717) is 12.0 Å². The molecule has 1 aliphatic carbocycles. The molecule has 4 rings (SSSR count). The minimum atomic E-state index is -0.268. The molecule has 2 aromatic heterocycles. The van der Waals surface area contributed by atoms with Crippen LogP contribution in [0.2, 0.25) is 0 Å². The number of nitrogens with one attached hydrogen (secondary N) is 1. The summed E-state index contributed by atoms with van der Waals surface area (Å²) in [7, 11) is 0. The van der Waals surface area contributed by atoms with Gasteiger partial charge in [-0.3, -0.25) is 0 Å². The van der Waals surface area contributed by atoms with Gasteiger partial charge in [0.2, 0.25) is 5.95 Å². The third-order valence-corrected chi connectivity index (χ3v) is 4.31. The van der Waals surface area contributed by atoms with Gasteiger partial charge in [0, 0.05) is 17.8 Å². The Labute approximate surface area is 131 Å². The van der Waals surface area contributed by atoms with Gasteiger partial charge in [-0.1, -0.05) is 12.1 Å². The molecule has 0 saturated heterocycles. The van der Waals surface area contributed by atoms with Crippen molar-refractivity contribution in [2.24, 2.45) is 0 Å². The van der Waals surface area contributed by atoms with Gasteiger partial charge >= 0.3 is 0 Å². The van der Waals surface area contributed by atoms with Crippen molar-refractivity contribution in [3.8, 4) is 21.8 Å². The van der Waals surface area contributed by atoms with Gasteiger partial charge in [0.1, 0.15) is 5.82 Å². The van der Waals surface area contributed by atoms with E-state index in [-0.39, 0.29) is 5.82 Å². The first-order chi connectivity index (χ1) is 10.8. The van der Waals surface area contributed by atoms with E-state index < -0.39 is 0 Å². The van der Waals surface area contributed by atoms with Crippen molar-refractivity contribution < 1.29 is 4.39 Å². The molecule has 110 valence electrons. The van der Waals surface area contributed by atoms with E-state index in [1.807, 2.05) is 12.1 Å². The number of hydrogen-bond acceptors (Lipinski definition) is 5. The number of thiazole rings is 1. The second-order valence-corrected chi connectivity index (χ2v) is 6.08. The van der Waals surface area contributed by atoms with Gasteiger partial charge < -0.3 is 5.32 Å². The zero-order valence-electron chi connectivity index (χ0n) is 11.7. The maximum Gasteiger partial charge on any atom is 0.223 e. The highest BCUT2D eigenvalue weighted by molar-refractivity contribution is 7.13. The molecule has 1 aromatic carbocycles. The number of rotatable bonds is 4. The first-order valence-corrected chi connectivity index (χ1v) is 7.97. The standard InChI is InChI=1S/C16H13FN4S/c17-11-3-1-2-10(8-11)14-15(22-9-19-14)13-6-7-18-16(21-13)20-12-4-5-12/h1-3,6-9,12H,4-5H2,(H,18,20,21). The largest absolute Gasteiger partial charge is 0.351 e. The minimum absolute atomic E-state index is 0.268. The molecule has 2 heterocycles. The lowest BCUT2D eigenvalue weighted by Gasteiger charge is -2.06. The molecule has 0 spiro atoms. The Balaban J connectivity index is 1.72. The lowest BCUT2D eigenvalue weighted by molar-refractivity contribution is 0.628. The van der Waals surface area contributed by atoms with Crippen LogP contribution < -0.4 is 5.32 Å². The molecule has 0 amide bonds. The normalized spacial score (nSPS) is 14.0. The molecule has 1 aliphatic rings. The highest BCUT2D eigenvalue weighted by Gasteiger charge is 2.22. The first kappa shape index (κ1) is 13.3. The summed E-state index contributed by atoms with van der Waals surface area (Å²) in [6.07, 6.45) is 4.08. The van der Waals surface area contributed by atoms with Crippen molar-refractivity contribution in [1.29, 1.82) is 0 Å². The lowest BCUT2D eigenvalue weighted by atomic mass is 10.1. The van der Waals surface area contributed by atoms with Gasteiger partial charge in [-0.05, 0) is 31.0 Å². The predicted molar refractivity (Wildman–Crippen MR) is 85.2 cm³/mol. The number of hydrogen-bond donors (Lipinski definition) is 1. The number of nitrogens with zero attached hydrogens (tertiary/aromatic N) is 3. The maximum absolute atomic E-state index is 13.4. The molecule has 22 heavy (non-hydrogen) atoms. The number of benzene rings is 1. The summed E-state index contributed by atoms with van der Waals surface area (Å²) in [5, 5.41) is 3.29. The number of aromatic nitrogens is 3. The highest BCUT2D eigenvalue weighted by Crippen LogP contribution is 2.34. The van der Waals surface area contributed by atoms with Crippen molar-refractivity contribution >= 4 is 17.3 Å². The fourth-order valence-electron chi connectivity index (χ4n) is 2.23. The molecule has 3 aromatic rings. The summed E-state index contributed by atoms with van der Waals surface area (Å²) in [6, 6.07) is 8.81. The van der Waals surface area contributed by atoms with Crippen molar-refractivity contribution in [2.45, 2.75) is 18.9 Å². The smallest absolute Gasteiger partial charge is 0.223 e. The van der Waals surface area contributed by atoms with Crippen LogP contribution in [0.3, 0.4) is 0 Å². The summed E-state index contributed by atoms with van der Waals surface area (Å²) in [6.45, 7) is 0. The third-order valence-electron chi connectivity index (χ3n) is 3.46. The molecule has 1 N–H and O–H groups in total. The third kappa shape index (κ3) is 2.69. The Bertz CT molecular complexity index is 813. The Morgan fingerprint density at radius 1 is 1.18 bits per heavy atom. The molecule has 0 atom stereocenters. The van der Waals surface area contributed by atoms with E-state index in [9.17, 15) is 4.39 Å². The van der Waals surface area contributed by atoms with Crippen LogP contribution in [0.15, 0.2) is 42.0 Å². The van der Waals surface area contributed by atoms with Crippen molar-refractivity contribution in [3.05, 3.63) is 47.9 Å². The van der Waals surface area contributed by atoms with Crippen LogP contribution in [-0.4, -0.2) is 21.0 Å². The molecule has 1 saturated carbocycles. The topological polar surface area (TPSA) is 50.7 Å². The van der Waals surface area contributed by atoms with Gasteiger partial charge in [0.15, 0.2) is 0 Å². The second kappa shape index (κ2) is 5.46. The molecular formula is C16H13FN4S. The van der Waals surface area contributed by atoms with E-state index in [2.05, 4.69) is 20.3 Å². The molecular weight excluding hydrogens is 299 g/mol. The Hall–Kier alpha value is -2.34. The van der Waals surface area contributed by atoms with E-state index in [1.54, 1.807) is 17.8 Å². The maximum atomic E-state index is 13.4. The van der Waals surface area contributed by atoms with Crippen molar-refractivity contribution in [1.82, 2.24) is 15.0 Å². The monoisotopic (exact) mass is 312 g/mol. The Kier molecular flexibility index (Phi) is 3.31. The van der Waals surface area contributed by atoms with Gasteiger partial charge in [0.25, 0.3) is 0 Å². The SMILES string of the molecule is Fc1cccc(-c2ncsc2-c2ccnc(NC3CC3)n2)c1. The minimum Gasteiger partial charge on any atom is -0.351 e. The van der Waals surface area contributed by atoms with E-state index >= 15 is 0 Å². The van der Waals surface area contributed by atoms with Crippen LogP contribution in [0.4, 0.5) is 10.3 Å². The number of halogens is 1. The van der Waals surface area contributed by atoms with Crippen LogP contribution >= 0.6 is 11.3 Å². The molecule has 0 bridgehead atoms. The molecule has 6 heteroatoms. The number of anilines is 1. The van der Waals surface area contributed by atoms with Crippen LogP contribution in [0, 0.1) is 5.82 Å². The molecule has 0 radical (unpaired) electrons. The van der Waals surface area contributed by atoms with Gasteiger partial charge in [0.05, 0.1) is 21.8 Å². The zero-order chi connectivity index (χ0) is 14.9. The van der Waals surface area contributed by atoms with E-state index in [1.165, 1.54) is 36.3 Å². The Morgan fingerprint density at radius 3 is 2.91 bits per heavy atom. The summed E-state index contributed by atoms with van der Waals surface area (Å²) in [5.41, 5.74) is 4.07. The van der Waals surface area contributed by atoms with Crippen molar-refractivity contribution in [2.75, 3.05) is 5.32 Å². The van der Waals surface area contributed by atoms with E-state index in [4.69, 9.17) is 0 Å². The lowest BCUT2D eigenvalue weighted by Crippen LogP contribution is -2.05. The first-order valence-electron chi connectivity index (χ1n) is 7.09. The average molecular weight is 312 g/mol. The van der Waals surface area contributed by atoms with E-state index in [0.717, 1.165) is 21.8 Å². The quantitative estimate of drug-likeness (QED) is 0.791. The summed E-state index contributed by atoms with van der Waals surface area (Å²) in [4.78, 5) is 14.1. The Morgan fingerprint density at radius 2 is 2.09 bits per heavy atom. The second-order valence-electron chi connectivity index (χ2n) is 5.22. The van der Waals surface area contributed by atoms with Gasteiger partial charge in [-0.2, -0.15) is 0 Å². The van der Waals surface area contributed by atoms with Crippen molar-refractivity contribution in [3.63, 3.8) is 0 Å². The fraction of sp³-hybridized carbons (Fsp3) is 0.188. The summed E-state index contributed by atoms with van der Waals surface area (Å²) in [5.74, 6) is 0.369. The molecule has 0 unspecified atom stereocenters. The van der Waals surface area contributed by atoms with Crippen LogP contribution in [-0.2, 0) is 0 Å². The highest BCUT2D eigenvalue weighted by atomic mass is 32.1. The molecule has 0 aliphatic heterocycles. The summed E-state index contributed by atoms with van der Waals surface area (Å²) >= 11 is 1.49. The van der Waals surface area contributed by atoms with Crippen LogP contribution in [0.5, 0.6) is 0 Å². The average Bonchev–Trinajstić information content (AvgIpc) is 3.20. The fourth-order valence-corrected chi connectivity index (χ4v) is 3.01. The van der Waals surface area contributed by atoms with Crippen LogP contribution in [0.25, 0.3) is 21.8 Å². The van der Waals surface area contributed by atoms with Gasteiger partial charge in [-0.15, -0.1) is 11.3 Å².